The number of ether oxygens (including phenoxy) is 1. The summed E-state index contributed by atoms with van der Waals surface area (Å²) in [5, 5.41) is 0. The molecule has 0 aliphatic heterocycles. The van der Waals surface area contributed by atoms with E-state index < -0.39 is 21.4 Å². The molecule has 0 aliphatic carbocycles. The van der Waals surface area contributed by atoms with E-state index in [1.165, 1.54) is 13.2 Å². The molecular weight excluding hydrogens is 245 g/mol. The maximum Gasteiger partial charge on any atom is 0.244 e. The highest BCUT2D eigenvalue weighted by molar-refractivity contribution is 7.89. The van der Waals surface area contributed by atoms with Crippen molar-refractivity contribution >= 4 is 10.0 Å². The van der Waals surface area contributed by atoms with Crippen LogP contribution in [0.3, 0.4) is 0 Å². The molecule has 0 saturated carbocycles. The van der Waals surface area contributed by atoms with Crippen LogP contribution in [0.25, 0.3) is 0 Å². The molecule has 96 valence electrons. The van der Waals surface area contributed by atoms with E-state index in [0.29, 0.717) is 0 Å². The van der Waals surface area contributed by atoms with Gasteiger partial charge in [0.25, 0.3) is 0 Å². The topological polar surface area (TPSA) is 55.4 Å². The molecular formula is C11H16FNO3S. The molecule has 0 saturated heterocycles. The Labute approximate surface area is 101 Å². The van der Waals surface area contributed by atoms with Crippen LogP contribution in [0.1, 0.15) is 20.8 Å². The van der Waals surface area contributed by atoms with Crippen LogP contribution in [0.15, 0.2) is 23.1 Å². The second kappa shape index (κ2) is 4.62. The molecule has 4 nitrogen and oxygen atoms in total. The minimum Gasteiger partial charge on any atom is -0.495 e. The molecule has 6 heteroatoms. The quantitative estimate of drug-likeness (QED) is 0.904. The Morgan fingerprint density at radius 3 is 2.35 bits per heavy atom. The lowest BCUT2D eigenvalue weighted by atomic mass is 10.1. The van der Waals surface area contributed by atoms with E-state index in [4.69, 9.17) is 4.74 Å². The minimum absolute atomic E-state index is 0.114. The van der Waals surface area contributed by atoms with Gasteiger partial charge in [0.15, 0.2) is 0 Å². The summed E-state index contributed by atoms with van der Waals surface area (Å²) in [6, 6.07) is 3.37. The largest absolute Gasteiger partial charge is 0.495 e. The highest BCUT2D eigenvalue weighted by Gasteiger charge is 2.25. The summed E-state index contributed by atoms with van der Waals surface area (Å²) >= 11 is 0. The predicted molar refractivity (Wildman–Crippen MR) is 63.0 cm³/mol. The molecule has 0 amide bonds. The maximum absolute atomic E-state index is 13.1. The van der Waals surface area contributed by atoms with Crippen LogP contribution < -0.4 is 9.46 Å². The van der Waals surface area contributed by atoms with Gasteiger partial charge in [0, 0.05) is 5.54 Å². The molecule has 0 spiro atoms. The van der Waals surface area contributed by atoms with Gasteiger partial charge in [0.05, 0.1) is 7.11 Å². The molecule has 0 radical (unpaired) electrons. The van der Waals surface area contributed by atoms with Crippen molar-refractivity contribution < 1.29 is 17.5 Å². The van der Waals surface area contributed by atoms with Crippen molar-refractivity contribution in [3.05, 3.63) is 24.0 Å². The molecule has 0 atom stereocenters. The summed E-state index contributed by atoms with van der Waals surface area (Å²) in [6.45, 7) is 5.11. The zero-order valence-corrected chi connectivity index (χ0v) is 11.1. The molecule has 0 unspecified atom stereocenters. The van der Waals surface area contributed by atoms with Gasteiger partial charge in [0.2, 0.25) is 10.0 Å². The summed E-state index contributed by atoms with van der Waals surface area (Å²) in [4.78, 5) is -0.199. The second-order valence-electron chi connectivity index (χ2n) is 4.65. The molecule has 0 fully saturated rings. The highest BCUT2D eigenvalue weighted by atomic mass is 32.2. The summed E-state index contributed by atoms with van der Waals surface area (Å²) < 4.78 is 44.5. The van der Waals surface area contributed by atoms with Crippen LogP contribution in [0.5, 0.6) is 5.75 Å². The van der Waals surface area contributed by atoms with E-state index in [0.717, 1.165) is 12.1 Å². The first-order valence-electron chi connectivity index (χ1n) is 5.03. The van der Waals surface area contributed by atoms with Gasteiger partial charge in [-0.25, -0.2) is 17.5 Å². The number of methoxy groups -OCH3 is 1. The summed E-state index contributed by atoms with van der Waals surface area (Å²) in [7, 11) is -2.46. The molecule has 1 aromatic carbocycles. The Morgan fingerprint density at radius 2 is 1.88 bits per heavy atom. The van der Waals surface area contributed by atoms with E-state index >= 15 is 0 Å². The average molecular weight is 261 g/mol. The van der Waals surface area contributed by atoms with Crippen molar-refractivity contribution in [3.8, 4) is 5.75 Å². The first kappa shape index (κ1) is 13.9. The lowest BCUT2D eigenvalue weighted by Crippen LogP contribution is -2.40. The number of benzene rings is 1. The first-order chi connectivity index (χ1) is 7.65. The van der Waals surface area contributed by atoms with E-state index in [2.05, 4.69) is 4.72 Å². The summed E-state index contributed by atoms with van der Waals surface area (Å²) in [6.07, 6.45) is 0. The van der Waals surface area contributed by atoms with Crippen LogP contribution in [0.4, 0.5) is 4.39 Å². The molecule has 0 bridgehead atoms. The van der Waals surface area contributed by atoms with Gasteiger partial charge in [-0.2, -0.15) is 0 Å². The fraction of sp³-hybridized carbons (Fsp3) is 0.455. The van der Waals surface area contributed by atoms with Crippen molar-refractivity contribution in [2.75, 3.05) is 7.11 Å². The average Bonchev–Trinajstić information content (AvgIpc) is 2.14. The number of halogens is 1. The summed E-state index contributed by atoms with van der Waals surface area (Å²) in [5.74, 6) is -0.511. The zero-order chi connectivity index (χ0) is 13.3. The van der Waals surface area contributed by atoms with Crippen molar-refractivity contribution in [2.45, 2.75) is 31.2 Å². The van der Waals surface area contributed by atoms with Crippen molar-refractivity contribution in [1.82, 2.24) is 4.72 Å². The monoisotopic (exact) mass is 261 g/mol. The van der Waals surface area contributed by atoms with E-state index in [-0.39, 0.29) is 10.6 Å². The Kier molecular flexibility index (Phi) is 3.78. The van der Waals surface area contributed by atoms with E-state index in [1.54, 1.807) is 20.8 Å². The zero-order valence-electron chi connectivity index (χ0n) is 10.2. The fourth-order valence-corrected chi connectivity index (χ4v) is 2.92. The third-order valence-corrected chi connectivity index (χ3v) is 3.63. The molecule has 0 aromatic heterocycles. The number of rotatable bonds is 3. The third kappa shape index (κ3) is 3.67. The second-order valence-corrected chi connectivity index (χ2v) is 6.30. The van der Waals surface area contributed by atoms with E-state index in [9.17, 15) is 12.8 Å². The fourth-order valence-electron chi connectivity index (χ4n) is 1.32. The Morgan fingerprint density at radius 1 is 1.29 bits per heavy atom. The lowest BCUT2D eigenvalue weighted by Gasteiger charge is -2.21. The molecule has 0 aliphatic rings. The standard InChI is InChI=1S/C11H16FNO3S/c1-11(2,3)13-17(14,15)10-7-8(12)5-6-9(10)16-4/h5-7,13H,1-4H3. The van der Waals surface area contributed by atoms with Gasteiger partial charge >= 0.3 is 0 Å². The molecule has 1 aromatic rings. The van der Waals surface area contributed by atoms with Crippen LogP contribution in [-0.4, -0.2) is 21.1 Å². The van der Waals surface area contributed by atoms with Crippen LogP contribution >= 0.6 is 0 Å². The normalized spacial score (nSPS) is 12.5. The van der Waals surface area contributed by atoms with Crippen LogP contribution in [-0.2, 0) is 10.0 Å². The Hall–Kier alpha value is -1.14. The van der Waals surface area contributed by atoms with Gasteiger partial charge in [-0.3, -0.25) is 0 Å². The molecule has 1 N–H and O–H groups in total. The van der Waals surface area contributed by atoms with Crippen LogP contribution in [0, 0.1) is 5.82 Å². The molecule has 17 heavy (non-hydrogen) atoms. The van der Waals surface area contributed by atoms with Crippen molar-refractivity contribution in [2.24, 2.45) is 0 Å². The lowest BCUT2D eigenvalue weighted by molar-refractivity contribution is 0.399. The maximum atomic E-state index is 13.1. The molecule has 0 heterocycles. The van der Waals surface area contributed by atoms with E-state index in [1.807, 2.05) is 0 Å². The number of nitrogens with one attached hydrogen (secondary N) is 1. The van der Waals surface area contributed by atoms with Crippen LogP contribution in [0.2, 0.25) is 0 Å². The Bertz CT molecular complexity index is 506. The van der Waals surface area contributed by atoms with Gasteiger partial charge in [0.1, 0.15) is 16.5 Å². The number of hydrogen-bond donors (Lipinski definition) is 1. The predicted octanol–water partition coefficient (Wildman–Crippen LogP) is 1.91. The SMILES string of the molecule is COc1ccc(F)cc1S(=O)(=O)NC(C)(C)C. The van der Waals surface area contributed by atoms with Gasteiger partial charge in [-0.05, 0) is 39.0 Å². The first-order valence-corrected chi connectivity index (χ1v) is 6.51. The van der Waals surface area contributed by atoms with Crippen molar-refractivity contribution in [3.63, 3.8) is 0 Å². The van der Waals surface area contributed by atoms with Gasteiger partial charge < -0.3 is 4.74 Å². The minimum atomic E-state index is -3.80. The Balaban J connectivity index is 3.28. The van der Waals surface area contributed by atoms with Gasteiger partial charge in [-0.1, -0.05) is 0 Å². The number of sulfonamides is 1. The number of hydrogen-bond acceptors (Lipinski definition) is 3. The summed E-state index contributed by atoms with van der Waals surface area (Å²) in [5.41, 5.74) is -0.643. The molecule has 1 rings (SSSR count). The van der Waals surface area contributed by atoms with Crippen molar-refractivity contribution in [1.29, 1.82) is 0 Å². The third-order valence-electron chi connectivity index (χ3n) is 1.86. The smallest absolute Gasteiger partial charge is 0.244 e. The van der Waals surface area contributed by atoms with Gasteiger partial charge in [-0.15, -0.1) is 0 Å². The highest BCUT2D eigenvalue weighted by Crippen LogP contribution is 2.25.